The number of nitrogens with zero attached hydrogens (tertiary/aromatic N) is 2. The zero-order valence-electron chi connectivity index (χ0n) is 9.53. The molecule has 2 rings (SSSR count). The molecule has 94 valence electrons. The third-order valence-electron chi connectivity index (χ3n) is 2.29. The molecule has 0 radical (unpaired) electrons. The fourth-order valence-electron chi connectivity index (χ4n) is 1.48. The molecule has 1 aromatic heterocycles. The molecule has 0 fully saturated rings. The van der Waals surface area contributed by atoms with E-state index in [1.54, 1.807) is 24.4 Å². The van der Waals surface area contributed by atoms with Crippen LogP contribution in [0.25, 0.3) is 11.3 Å². The van der Waals surface area contributed by atoms with E-state index in [1.165, 1.54) is 0 Å². The summed E-state index contributed by atoms with van der Waals surface area (Å²) in [5, 5.41) is 4.18. The van der Waals surface area contributed by atoms with Gasteiger partial charge in [0.25, 0.3) is 0 Å². The van der Waals surface area contributed by atoms with Gasteiger partial charge in [0.05, 0.1) is 10.7 Å². The van der Waals surface area contributed by atoms with Gasteiger partial charge in [-0.3, -0.25) is 0 Å². The van der Waals surface area contributed by atoms with Gasteiger partial charge in [0.15, 0.2) is 0 Å². The number of nitrogens with two attached hydrogens (primary N) is 1. The monoisotopic (exact) mass is 282 g/mol. The smallest absolute Gasteiger partial charge is 0.223 e. The number of halogens is 2. The van der Waals surface area contributed by atoms with Crippen molar-refractivity contribution in [2.45, 2.75) is 0 Å². The van der Waals surface area contributed by atoms with E-state index < -0.39 is 0 Å². The van der Waals surface area contributed by atoms with E-state index in [9.17, 15) is 0 Å². The minimum absolute atomic E-state index is 0.523. The van der Waals surface area contributed by atoms with E-state index in [-0.39, 0.29) is 0 Å². The first kappa shape index (κ1) is 13.1. The first-order valence-corrected chi connectivity index (χ1v) is 6.18. The maximum absolute atomic E-state index is 6.14. The van der Waals surface area contributed by atoms with Gasteiger partial charge in [0.1, 0.15) is 0 Å². The van der Waals surface area contributed by atoms with Gasteiger partial charge in [-0.2, -0.15) is 0 Å². The highest BCUT2D eigenvalue weighted by Crippen LogP contribution is 2.29. The first-order chi connectivity index (χ1) is 8.70. The van der Waals surface area contributed by atoms with Crippen LogP contribution in [-0.2, 0) is 0 Å². The Hall–Kier alpha value is -1.36. The van der Waals surface area contributed by atoms with E-state index in [2.05, 4.69) is 15.3 Å². The Bertz CT molecular complexity index is 545. The second-order valence-electron chi connectivity index (χ2n) is 3.61. The standard InChI is InChI=1S/C12H12Cl2N4/c13-8-1-2-9(10(14)7-8)11-3-5-16-12(18-11)17-6-4-15/h1-3,5,7H,4,6,15H2,(H,16,17,18). The predicted octanol–water partition coefficient (Wildman–Crippen LogP) is 2.82. The van der Waals surface area contributed by atoms with Crippen LogP contribution in [0.15, 0.2) is 30.5 Å². The molecule has 0 aliphatic rings. The quantitative estimate of drug-likeness (QED) is 0.905. The summed E-state index contributed by atoms with van der Waals surface area (Å²) in [6.07, 6.45) is 1.67. The van der Waals surface area contributed by atoms with Gasteiger partial charge in [-0.15, -0.1) is 0 Å². The molecule has 0 amide bonds. The lowest BCUT2D eigenvalue weighted by atomic mass is 10.1. The molecule has 0 atom stereocenters. The van der Waals surface area contributed by atoms with Gasteiger partial charge in [-0.1, -0.05) is 23.2 Å². The van der Waals surface area contributed by atoms with Crippen molar-refractivity contribution in [1.82, 2.24) is 9.97 Å². The van der Waals surface area contributed by atoms with Crippen LogP contribution < -0.4 is 11.1 Å². The van der Waals surface area contributed by atoms with Crippen LogP contribution in [0.4, 0.5) is 5.95 Å². The van der Waals surface area contributed by atoms with Gasteiger partial charge in [-0.25, -0.2) is 9.97 Å². The Labute approximate surface area is 115 Å². The number of benzene rings is 1. The van der Waals surface area contributed by atoms with Crippen LogP contribution in [0, 0.1) is 0 Å². The lowest BCUT2D eigenvalue weighted by Gasteiger charge is -2.07. The summed E-state index contributed by atoms with van der Waals surface area (Å²) in [6, 6.07) is 7.09. The van der Waals surface area contributed by atoms with E-state index >= 15 is 0 Å². The number of rotatable bonds is 4. The van der Waals surface area contributed by atoms with Gasteiger partial charge >= 0.3 is 0 Å². The molecule has 1 aromatic carbocycles. The minimum Gasteiger partial charge on any atom is -0.353 e. The van der Waals surface area contributed by atoms with Gasteiger partial charge in [-0.05, 0) is 24.3 Å². The first-order valence-electron chi connectivity index (χ1n) is 5.43. The lowest BCUT2D eigenvalue weighted by molar-refractivity contribution is 0.990. The highest BCUT2D eigenvalue weighted by atomic mass is 35.5. The summed E-state index contributed by atoms with van der Waals surface area (Å²) >= 11 is 12.0. The molecule has 6 heteroatoms. The highest BCUT2D eigenvalue weighted by molar-refractivity contribution is 6.36. The zero-order chi connectivity index (χ0) is 13.0. The summed E-state index contributed by atoms with van der Waals surface area (Å²) in [4.78, 5) is 8.47. The Morgan fingerprint density at radius 3 is 2.78 bits per heavy atom. The lowest BCUT2D eigenvalue weighted by Crippen LogP contribution is -2.14. The van der Waals surface area contributed by atoms with E-state index in [0.29, 0.717) is 29.1 Å². The summed E-state index contributed by atoms with van der Waals surface area (Å²) in [5.74, 6) is 0.531. The number of hydrogen-bond acceptors (Lipinski definition) is 4. The average molecular weight is 283 g/mol. The maximum Gasteiger partial charge on any atom is 0.223 e. The SMILES string of the molecule is NCCNc1nccc(-c2ccc(Cl)cc2Cl)n1. The Kier molecular flexibility index (Phi) is 4.36. The van der Waals surface area contributed by atoms with Crippen LogP contribution in [0.1, 0.15) is 0 Å². The van der Waals surface area contributed by atoms with Crippen molar-refractivity contribution in [3.8, 4) is 11.3 Å². The van der Waals surface area contributed by atoms with Crippen LogP contribution in [0.3, 0.4) is 0 Å². The van der Waals surface area contributed by atoms with E-state index in [1.807, 2.05) is 6.07 Å². The fraction of sp³-hybridized carbons (Fsp3) is 0.167. The van der Waals surface area contributed by atoms with Gasteiger partial charge in [0, 0.05) is 29.9 Å². The van der Waals surface area contributed by atoms with Crippen molar-refractivity contribution in [2.75, 3.05) is 18.4 Å². The molecule has 2 aromatic rings. The molecule has 0 saturated heterocycles. The van der Waals surface area contributed by atoms with Gasteiger partial charge in [0.2, 0.25) is 5.95 Å². The Morgan fingerprint density at radius 2 is 2.06 bits per heavy atom. The summed E-state index contributed by atoms with van der Waals surface area (Å²) in [5.41, 5.74) is 6.97. The number of nitrogens with one attached hydrogen (secondary N) is 1. The molecule has 4 nitrogen and oxygen atoms in total. The van der Waals surface area contributed by atoms with Crippen molar-refractivity contribution >= 4 is 29.2 Å². The normalized spacial score (nSPS) is 10.4. The second kappa shape index (κ2) is 6.00. The van der Waals surface area contributed by atoms with Crippen molar-refractivity contribution in [1.29, 1.82) is 0 Å². The molecule has 0 bridgehead atoms. The van der Waals surface area contributed by atoms with Crippen molar-refractivity contribution in [2.24, 2.45) is 5.73 Å². The number of aromatic nitrogens is 2. The molecule has 3 N–H and O–H groups in total. The third-order valence-corrected chi connectivity index (χ3v) is 2.84. The van der Waals surface area contributed by atoms with Crippen LogP contribution >= 0.6 is 23.2 Å². The summed E-state index contributed by atoms with van der Waals surface area (Å²) in [7, 11) is 0. The average Bonchev–Trinajstić information content (AvgIpc) is 2.36. The summed E-state index contributed by atoms with van der Waals surface area (Å²) in [6.45, 7) is 1.15. The maximum atomic E-state index is 6.14. The molecule has 0 saturated carbocycles. The molecule has 1 heterocycles. The molecule has 0 spiro atoms. The van der Waals surface area contributed by atoms with Crippen molar-refractivity contribution < 1.29 is 0 Å². The van der Waals surface area contributed by atoms with Gasteiger partial charge < -0.3 is 11.1 Å². The summed E-state index contributed by atoms with van der Waals surface area (Å²) < 4.78 is 0. The molecular formula is C12H12Cl2N4. The Morgan fingerprint density at radius 1 is 1.22 bits per heavy atom. The van der Waals surface area contributed by atoms with E-state index in [4.69, 9.17) is 28.9 Å². The highest BCUT2D eigenvalue weighted by Gasteiger charge is 2.06. The topological polar surface area (TPSA) is 63.8 Å². The molecular weight excluding hydrogens is 271 g/mol. The number of anilines is 1. The number of hydrogen-bond donors (Lipinski definition) is 2. The molecule has 0 aliphatic carbocycles. The fourth-order valence-corrected chi connectivity index (χ4v) is 1.98. The van der Waals surface area contributed by atoms with Crippen LogP contribution in [-0.4, -0.2) is 23.1 Å². The largest absolute Gasteiger partial charge is 0.353 e. The predicted molar refractivity (Wildman–Crippen MR) is 75.0 cm³/mol. The molecule has 18 heavy (non-hydrogen) atoms. The van der Waals surface area contributed by atoms with Crippen LogP contribution in [0.5, 0.6) is 0 Å². The van der Waals surface area contributed by atoms with E-state index in [0.717, 1.165) is 11.3 Å². The zero-order valence-corrected chi connectivity index (χ0v) is 11.0. The van der Waals surface area contributed by atoms with Crippen molar-refractivity contribution in [3.05, 3.63) is 40.5 Å². The van der Waals surface area contributed by atoms with Crippen LogP contribution in [0.2, 0.25) is 10.0 Å². The minimum atomic E-state index is 0.523. The molecule has 0 aliphatic heterocycles. The second-order valence-corrected chi connectivity index (χ2v) is 4.45. The molecule has 0 unspecified atom stereocenters. The Balaban J connectivity index is 2.32. The van der Waals surface area contributed by atoms with Crippen molar-refractivity contribution in [3.63, 3.8) is 0 Å². The third kappa shape index (κ3) is 3.10.